The molecule has 1 aromatic carbocycles. The van der Waals surface area contributed by atoms with Crippen LogP contribution in [0.5, 0.6) is 0 Å². The first-order chi connectivity index (χ1) is 9.75. The Balaban J connectivity index is 1.65. The number of imidazole rings is 1. The van der Waals surface area contributed by atoms with Crippen LogP contribution >= 0.6 is 11.6 Å². The predicted octanol–water partition coefficient (Wildman–Crippen LogP) is 2.33. The number of hydrogen-bond donors (Lipinski definition) is 0. The van der Waals surface area contributed by atoms with Crippen LogP contribution in [0.2, 0.25) is 5.02 Å². The predicted molar refractivity (Wildman–Crippen MR) is 78.3 cm³/mol. The molecular formula is C14H15ClN4O. The molecule has 3 rings (SSSR count). The van der Waals surface area contributed by atoms with E-state index in [1.54, 1.807) is 12.4 Å². The first-order valence-electron chi connectivity index (χ1n) is 6.52. The third-order valence-electron chi connectivity index (χ3n) is 3.47. The summed E-state index contributed by atoms with van der Waals surface area (Å²) < 4.78 is 1.51. The second-order valence-electron chi connectivity index (χ2n) is 4.68. The van der Waals surface area contributed by atoms with Crippen molar-refractivity contribution in [2.24, 2.45) is 0 Å². The molecule has 0 aliphatic carbocycles. The first-order valence-corrected chi connectivity index (χ1v) is 6.90. The van der Waals surface area contributed by atoms with Gasteiger partial charge in [0.05, 0.1) is 10.7 Å². The Bertz CT molecular complexity index is 591. The zero-order valence-corrected chi connectivity index (χ0v) is 11.7. The summed E-state index contributed by atoms with van der Waals surface area (Å²) in [5, 5.41) is 0.752. The summed E-state index contributed by atoms with van der Waals surface area (Å²) in [5.41, 5.74) is 1.03. The van der Waals surface area contributed by atoms with Crippen LogP contribution in [0.4, 0.5) is 10.5 Å². The molecule has 1 amide bonds. The van der Waals surface area contributed by atoms with Gasteiger partial charge in [0, 0.05) is 38.6 Å². The minimum absolute atomic E-state index is 0.0266. The number of rotatable bonds is 1. The van der Waals surface area contributed by atoms with Crippen LogP contribution in [0, 0.1) is 0 Å². The van der Waals surface area contributed by atoms with Gasteiger partial charge >= 0.3 is 6.03 Å². The lowest BCUT2D eigenvalue weighted by Crippen LogP contribution is -2.49. The summed E-state index contributed by atoms with van der Waals surface area (Å²) in [4.78, 5) is 20.1. The molecule has 1 fully saturated rings. The van der Waals surface area contributed by atoms with E-state index in [2.05, 4.69) is 9.88 Å². The monoisotopic (exact) mass is 290 g/mol. The third-order valence-corrected chi connectivity index (χ3v) is 3.79. The Hall–Kier alpha value is -2.01. The molecule has 1 aromatic heterocycles. The smallest absolute Gasteiger partial charge is 0.329 e. The Kier molecular flexibility index (Phi) is 3.60. The van der Waals surface area contributed by atoms with Crippen LogP contribution in [0.1, 0.15) is 0 Å². The SMILES string of the molecule is O=C(N1CCN(c2ccccc2Cl)CC1)n1ccnc1. The maximum Gasteiger partial charge on any atom is 0.329 e. The topological polar surface area (TPSA) is 41.4 Å². The van der Waals surface area contributed by atoms with E-state index in [-0.39, 0.29) is 6.03 Å². The zero-order chi connectivity index (χ0) is 13.9. The lowest BCUT2D eigenvalue weighted by atomic mass is 10.2. The van der Waals surface area contributed by atoms with Gasteiger partial charge in [-0.05, 0) is 12.1 Å². The number of nitrogens with zero attached hydrogens (tertiary/aromatic N) is 4. The van der Waals surface area contributed by atoms with Crippen molar-refractivity contribution in [1.82, 2.24) is 14.5 Å². The molecule has 2 aromatic rings. The molecule has 0 spiro atoms. The van der Waals surface area contributed by atoms with E-state index in [4.69, 9.17) is 11.6 Å². The van der Waals surface area contributed by atoms with Gasteiger partial charge in [-0.3, -0.25) is 4.57 Å². The molecular weight excluding hydrogens is 276 g/mol. The van der Waals surface area contributed by atoms with E-state index >= 15 is 0 Å². The molecule has 0 bridgehead atoms. The number of amides is 1. The highest BCUT2D eigenvalue weighted by Gasteiger charge is 2.22. The van der Waals surface area contributed by atoms with Crippen molar-refractivity contribution in [3.05, 3.63) is 48.0 Å². The third kappa shape index (κ3) is 2.49. The Labute approximate surface area is 122 Å². The summed E-state index contributed by atoms with van der Waals surface area (Å²) in [6.07, 6.45) is 4.81. The average Bonchev–Trinajstić information content (AvgIpc) is 3.01. The van der Waals surface area contributed by atoms with Gasteiger partial charge in [0.25, 0.3) is 0 Å². The highest BCUT2D eigenvalue weighted by molar-refractivity contribution is 6.33. The van der Waals surface area contributed by atoms with Crippen molar-refractivity contribution in [3.8, 4) is 0 Å². The maximum absolute atomic E-state index is 12.2. The van der Waals surface area contributed by atoms with Crippen molar-refractivity contribution in [2.75, 3.05) is 31.1 Å². The van der Waals surface area contributed by atoms with E-state index in [0.29, 0.717) is 13.1 Å². The Morgan fingerprint density at radius 2 is 1.90 bits per heavy atom. The average molecular weight is 291 g/mol. The van der Waals surface area contributed by atoms with Gasteiger partial charge in [-0.25, -0.2) is 9.78 Å². The molecule has 0 radical (unpaired) electrons. The minimum Gasteiger partial charge on any atom is -0.367 e. The molecule has 0 atom stereocenters. The van der Waals surface area contributed by atoms with E-state index in [1.165, 1.54) is 10.9 Å². The second-order valence-corrected chi connectivity index (χ2v) is 5.09. The van der Waals surface area contributed by atoms with Gasteiger partial charge in [-0.15, -0.1) is 0 Å². The molecule has 0 N–H and O–H groups in total. The minimum atomic E-state index is -0.0266. The summed E-state index contributed by atoms with van der Waals surface area (Å²) in [6.45, 7) is 2.93. The Morgan fingerprint density at radius 1 is 1.15 bits per heavy atom. The molecule has 104 valence electrons. The zero-order valence-electron chi connectivity index (χ0n) is 10.9. The number of aromatic nitrogens is 2. The number of halogens is 1. The normalized spacial score (nSPS) is 15.4. The fraction of sp³-hybridized carbons (Fsp3) is 0.286. The van der Waals surface area contributed by atoms with Crippen LogP contribution in [0.25, 0.3) is 0 Å². The van der Waals surface area contributed by atoms with Crippen molar-refractivity contribution in [3.63, 3.8) is 0 Å². The lowest BCUT2D eigenvalue weighted by molar-refractivity contribution is 0.196. The van der Waals surface area contributed by atoms with Gasteiger partial charge in [0.15, 0.2) is 0 Å². The van der Waals surface area contributed by atoms with E-state index in [9.17, 15) is 4.79 Å². The molecule has 0 saturated carbocycles. The molecule has 5 nitrogen and oxygen atoms in total. The number of piperazine rings is 1. The number of carbonyl (C=O) groups excluding carboxylic acids is 1. The molecule has 20 heavy (non-hydrogen) atoms. The second kappa shape index (κ2) is 5.54. The van der Waals surface area contributed by atoms with Gasteiger partial charge in [-0.1, -0.05) is 23.7 Å². The Morgan fingerprint density at radius 3 is 2.55 bits per heavy atom. The lowest BCUT2D eigenvalue weighted by Gasteiger charge is -2.36. The van der Waals surface area contributed by atoms with E-state index in [0.717, 1.165) is 23.8 Å². The fourth-order valence-corrected chi connectivity index (χ4v) is 2.64. The van der Waals surface area contributed by atoms with Crippen LogP contribution < -0.4 is 4.90 Å². The van der Waals surface area contributed by atoms with Gasteiger partial charge < -0.3 is 9.80 Å². The molecule has 2 heterocycles. The molecule has 6 heteroatoms. The fourth-order valence-electron chi connectivity index (χ4n) is 2.38. The van der Waals surface area contributed by atoms with Crippen molar-refractivity contribution >= 4 is 23.3 Å². The van der Waals surface area contributed by atoms with Gasteiger partial charge in [-0.2, -0.15) is 0 Å². The summed E-state index contributed by atoms with van der Waals surface area (Å²) in [5.74, 6) is 0. The summed E-state index contributed by atoms with van der Waals surface area (Å²) >= 11 is 6.20. The first kappa shape index (κ1) is 13.0. The van der Waals surface area contributed by atoms with Crippen LogP contribution in [0.15, 0.2) is 43.0 Å². The standard InChI is InChI=1S/C14H15ClN4O/c15-12-3-1-2-4-13(12)17-7-9-18(10-8-17)14(20)19-6-5-16-11-19/h1-6,11H,7-10H2. The van der Waals surface area contributed by atoms with Crippen molar-refractivity contribution < 1.29 is 4.79 Å². The van der Waals surface area contributed by atoms with Crippen LogP contribution in [-0.2, 0) is 0 Å². The number of para-hydroxylation sites is 1. The molecule has 1 aliphatic rings. The van der Waals surface area contributed by atoms with Gasteiger partial charge in [0.2, 0.25) is 0 Å². The van der Waals surface area contributed by atoms with E-state index in [1.807, 2.05) is 29.2 Å². The summed E-state index contributed by atoms with van der Waals surface area (Å²) in [7, 11) is 0. The van der Waals surface area contributed by atoms with Crippen LogP contribution in [0.3, 0.4) is 0 Å². The largest absolute Gasteiger partial charge is 0.367 e. The molecule has 1 saturated heterocycles. The van der Waals surface area contributed by atoms with E-state index < -0.39 is 0 Å². The molecule has 1 aliphatic heterocycles. The van der Waals surface area contributed by atoms with Gasteiger partial charge in [0.1, 0.15) is 6.33 Å². The highest BCUT2D eigenvalue weighted by atomic mass is 35.5. The summed E-state index contributed by atoms with van der Waals surface area (Å²) in [6, 6.07) is 7.77. The highest BCUT2D eigenvalue weighted by Crippen LogP contribution is 2.26. The van der Waals surface area contributed by atoms with Crippen LogP contribution in [-0.4, -0.2) is 46.7 Å². The molecule has 0 unspecified atom stereocenters. The van der Waals surface area contributed by atoms with Crippen molar-refractivity contribution in [2.45, 2.75) is 0 Å². The van der Waals surface area contributed by atoms with Crippen molar-refractivity contribution in [1.29, 1.82) is 0 Å². The number of hydrogen-bond acceptors (Lipinski definition) is 3. The quantitative estimate of drug-likeness (QED) is 0.809. The number of carbonyl (C=O) groups is 1. The number of anilines is 1. The maximum atomic E-state index is 12.2. The number of benzene rings is 1.